The average Bonchev–Trinajstić information content (AvgIpc) is 2.76. The van der Waals surface area contributed by atoms with E-state index in [1.807, 2.05) is 32.0 Å². The number of fused-ring (bicyclic) bond motifs is 1. The van der Waals surface area contributed by atoms with E-state index in [1.165, 1.54) is 6.07 Å². The number of thioether (sulfide) groups is 1. The summed E-state index contributed by atoms with van der Waals surface area (Å²) in [5.74, 6) is -2.00. The Labute approximate surface area is 187 Å². The number of nitrogens with one attached hydrogen (secondary N) is 1. The number of rotatable bonds is 5. The van der Waals surface area contributed by atoms with Crippen LogP contribution in [0.25, 0.3) is 16.6 Å². The van der Waals surface area contributed by atoms with Crippen molar-refractivity contribution >= 4 is 34.3 Å². The molecule has 3 aromatic carbocycles. The number of benzene rings is 3. The standard InChI is InChI=1S/C24H19F2N3O2S/c1-14-6-5-9-19(15(14)2)27-22(30)13-32-24-28-20-8-4-3-7-17(20)23(31)29(24)21-11-10-16(25)12-18(21)26/h3-12H,13H2,1-2H3,(H,27,30). The summed E-state index contributed by atoms with van der Waals surface area (Å²) in [6.45, 7) is 3.87. The lowest BCUT2D eigenvalue weighted by Gasteiger charge is -2.14. The number of halogens is 2. The second-order valence-electron chi connectivity index (χ2n) is 7.23. The third-order valence-corrected chi connectivity index (χ3v) is 6.05. The Morgan fingerprint density at radius 2 is 1.84 bits per heavy atom. The molecular formula is C24H19F2N3O2S. The lowest BCUT2D eigenvalue weighted by Crippen LogP contribution is -2.24. The molecule has 0 bridgehead atoms. The highest BCUT2D eigenvalue weighted by atomic mass is 32.2. The molecule has 1 heterocycles. The van der Waals surface area contributed by atoms with Crippen molar-refractivity contribution in [2.24, 2.45) is 0 Å². The van der Waals surface area contributed by atoms with Crippen molar-refractivity contribution in [3.63, 3.8) is 0 Å². The van der Waals surface area contributed by atoms with Crippen LogP contribution in [0.2, 0.25) is 0 Å². The van der Waals surface area contributed by atoms with Gasteiger partial charge in [-0.2, -0.15) is 0 Å². The molecule has 0 radical (unpaired) electrons. The Hall–Kier alpha value is -3.52. The molecule has 0 saturated carbocycles. The zero-order chi connectivity index (χ0) is 22.8. The zero-order valence-electron chi connectivity index (χ0n) is 17.4. The van der Waals surface area contributed by atoms with Gasteiger partial charge in [0.05, 0.1) is 22.3 Å². The third-order valence-electron chi connectivity index (χ3n) is 5.11. The predicted molar refractivity (Wildman–Crippen MR) is 123 cm³/mol. The van der Waals surface area contributed by atoms with Crippen molar-refractivity contribution < 1.29 is 13.6 Å². The van der Waals surface area contributed by atoms with Crippen molar-refractivity contribution in [1.82, 2.24) is 9.55 Å². The maximum atomic E-state index is 14.5. The molecule has 0 fully saturated rings. The topological polar surface area (TPSA) is 64.0 Å². The summed E-state index contributed by atoms with van der Waals surface area (Å²) in [5, 5.41) is 3.28. The first-order valence-corrected chi connectivity index (χ1v) is 10.8. The normalized spacial score (nSPS) is 11.0. The molecule has 1 N–H and O–H groups in total. The first-order valence-electron chi connectivity index (χ1n) is 9.81. The molecule has 4 aromatic rings. The fourth-order valence-electron chi connectivity index (χ4n) is 3.29. The SMILES string of the molecule is Cc1cccc(NC(=O)CSc2nc3ccccc3c(=O)n2-c2ccc(F)cc2F)c1C. The number of nitrogens with zero attached hydrogens (tertiary/aromatic N) is 2. The molecule has 1 aromatic heterocycles. The van der Waals surface area contributed by atoms with Crippen LogP contribution in [0, 0.1) is 25.5 Å². The summed E-state index contributed by atoms with van der Waals surface area (Å²) in [4.78, 5) is 30.2. The summed E-state index contributed by atoms with van der Waals surface area (Å²) >= 11 is 1.00. The van der Waals surface area contributed by atoms with E-state index in [0.717, 1.165) is 33.5 Å². The Kier molecular flexibility index (Phi) is 6.05. The van der Waals surface area contributed by atoms with E-state index in [2.05, 4.69) is 10.3 Å². The van der Waals surface area contributed by atoms with Gasteiger partial charge < -0.3 is 5.32 Å². The van der Waals surface area contributed by atoms with Gasteiger partial charge in [0.15, 0.2) is 5.16 Å². The van der Waals surface area contributed by atoms with E-state index >= 15 is 0 Å². The van der Waals surface area contributed by atoms with Gasteiger partial charge in [-0.05, 0) is 55.3 Å². The van der Waals surface area contributed by atoms with Crippen LogP contribution < -0.4 is 10.9 Å². The van der Waals surface area contributed by atoms with E-state index in [4.69, 9.17) is 0 Å². The molecule has 4 rings (SSSR count). The van der Waals surface area contributed by atoms with Crippen LogP contribution in [-0.2, 0) is 4.79 Å². The van der Waals surface area contributed by atoms with Gasteiger partial charge in [0.25, 0.3) is 5.56 Å². The fraction of sp³-hybridized carbons (Fsp3) is 0.125. The molecule has 0 unspecified atom stereocenters. The number of anilines is 1. The molecule has 0 saturated heterocycles. The van der Waals surface area contributed by atoms with Crippen LogP contribution in [0.5, 0.6) is 0 Å². The smallest absolute Gasteiger partial charge is 0.266 e. The second kappa shape index (κ2) is 8.92. The van der Waals surface area contributed by atoms with Gasteiger partial charge >= 0.3 is 0 Å². The van der Waals surface area contributed by atoms with Crippen LogP contribution in [0.1, 0.15) is 11.1 Å². The van der Waals surface area contributed by atoms with Crippen molar-refractivity contribution in [2.45, 2.75) is 19.0 Å². The lowest BCUT2D eigenvalue weighted by molar-refractivity contribution is -0.113. The summed E-state index contributed by atoms with van der Waals surface area (Å²) in [6, 6.07) is 15.2. The third kappa shape index (κ3) is 4.27. The van der Waals surface area contributed by atoms with Gasteiger partial charge in [0.2, 0.25) is 5.91 Å². The van der Waals surface area contributed by atoms with E-state index in [0.29, 0.717) is 22.7 Å². The number of carbonyl (C=O) groups is 1. The van der Waals surface area contributed by atoms with Crippen LogP contribution in [0.15, 0.2) is 70.6 Å². The Balaban J connectivity index is 1.70. The van der Waals surface area contributed by atoms with Crippen molar-refractivity contribution in [3.8, 4) is 5.69 Å². The minimum Gasteiger partial charge on any atom is -0.325 e. The molecule has 0 atom stereocenters. The second-order valence-corrected chi connectivity index (χ2v) is 8.17. The molecule has 0 aliphatic rings. The van der Waals surface area contributed by atoms with Crippen LogP contribution in [0.3, 0.4) is 0 Å². The highest BCUT2D eigenvalue weighted by molar-refractivity contribution is 7.99. The Morgan fingerprint density at radius 3 is 2.62 bits per heavy atom. The highest BCUT2D eigenvalue weighted by Gasteiger charge is 2.18. The quantitative estimate of drug-likeness (QED) is 0.342. The average molecular weight is 451 g/mol. The maximum Gasteiger partial charge on any atom is 0.266 e. The minimum absolute atomic E-state index is 0.0546. The summed E-state index contributed by atoms with van der Waals surface area (Å²) in [5.41, 5.74) is 2.50. The largest absolute Gasteiger partial charge is 0.325 e. The number of aryl methyl sites for hydroxylation is 1. The highest BCUT2D eigenvalue weighted by Crippen LogP contribution is 2.24. The van der Waals surface area contributed by atoms with Gasteiger partial charge in [0, 0.05) is 11.8 Å². The van der Waals surface area contributed by atoms with Crippen LogP contribution in [0.4, 0.5) is 14.5 Å². The number of carbonyl (C=O) groups excluding carboxylic acids is 1. The minimum atomic E-state index is -0.897. The molecule has 1 amide bonds. The van der Waals surface area contributed by atoms with Gasteiger partial charge in [-0.1, -0.05) is 36.0 Å². The number of hydrogen-bond acceptors (Lipinski definition) is 4. The van der Waals surface area contributed by atoms with Gasteiger partial charge in [-0.25, -0.2) is 13.8 Å². The molecule has 0 aliphatic heterocycles. The van der Waals surface area contributed by atoms with Crippen LogP contribution in [-0.4, -0.2) is 21.2 Å². The maximum absolute atomic E-state index is 14.5. The van der Waals surface area contributed by atoms with Crippen molar-refractivity contribution in [2.75, 3.05) is 11.1 Å². The number of para-hydroxylation sites is 1. The fourth-order valence-corrected chi connectivity index (χ4v) is 4.09. The van der Waals surface area contributed by atoms with E-state index in [1.54, 1.807) is 24.3 Å². The van der Waals surface area contributed by atoms with Crippen LogP contribution >= 0.6 is 11.8 Å². The first-order chi connectivity index (χ1) is 15.3. The van der Waals surface area contributed by atoms with E-state index < -0.39 is 17.2 Å². The van der Waals surface area contributed by atoms with E-state index in [9.17, 15) is 18.4 Å². The zero-order valence-corrected chi connectivity index (χ0v) is 18.2. The summed E-state index contributed by atoms with van der Waals surface area (Å²) in [7, 11) is 0. The molecule has 0 aliphatic carbocycles. The molecule has 32 heavy (non-hydrogen) atoms. The lowest BCUT2D eigenvalue weighted by atomic mass is 10.1. The molecule has 0 spiro atoms. The number of aromatic nitrogens is 2. The van der Waals surface area contributed by atoms with E-state index in [-0.39, 0.29) is 22.5 Å². The number of hydrogen-bond donors (Lipinski definition) is 1. The van der Waals surface area contributed by atoms with Crippen molar-refractivity contribution in [3.05, 3.63) is 93.8 Å². The molecule has 5 nitrogen and oxygen atoms in total. The van der Waals surface area contributed by atoms with Gasteiger partial charge in [-0.3, -0.25) is 14.2 Å². The van der Waals surface area contributed by atoms with Gasteiger partial charge in [0.1, 0.15) is 11.6 Å². The monoisotopic (exact) mass is 451 g/mol. The number of amides is 1. The molecular weight excluding hydrogens is 432 g/mol. The van der Waals surface area contributed by atoms with Crippen molar-refractivity contribution in [1.29, 1.82) is 0 Å². The molecule has 162 valence electrons. The Morgan fingerprint density at radius 1 is 1.06 bits per heavy atom. The van der Waals surface area contributed by atoms with Gasteiger partial charge in [-0.15, -0.1) is 0 Å². The summed E-state index contributed by atoms with van der Waals surface area (Å²) in [6.07, 6.45) is 0. The first kappa shape index (κ1) is 21.7. The predicted octanol–water partition coefficient (Wildman–Crippen LogP) is 5.01. The molecule has 8 heteroatoms. The summed E-state index contributed by atoms with van der Waals surface area (Å²) < 4.78 is 29.1. The Bertz CT molecular complexity index is 1400.